The number of alkyl halides is 1. The summed E-state index contributed by atoms with van der Waals surface area (Å²) in [5, 5.41) is 0. The number of halogens is 1. The number of ketones is 1. The average molecular weight is 311 g/mol. The Kier molecular flexibility index (Phi) is 2.58. The van der Waals surface area contributed by atoms with E-state index in [1.54, 1.807) is 6.92 Å². The highest BCUT2D eigenvalue weighted by Crippen LogP contribution is 2.65. The van der Waals surface area contributed by atoms with Crippen molar-refractivity contribution in [3.8, 4) is 0 Å². The van der Waals surface area contributed by atoms with E-state index >= 15 is 0 Å². The van der Waals surface area contributed by atoms with Crippen LogP contribution in [0.15, 0.2) is 0 Å². The molecule has 2 aliphatic rings. The van der Waals surface area contributed by atoms with E-state index in [0.717, 1.165) is 6.42 Å². The molecule has 0 saturated heterocycles. The molecule has 0 radical (unpaired) electrons. The van der Waals surface area contributed by atoms with Crippen LogP contribution in [0.2, 0.25) is 0 Å². The molecular weight excluding hydrogens is 296 g/mol. The number of fused-ring (bicyclic) bond motifs is 2. The Morgan fingerprint density at radius 1 is 1.50 bits per heavy atom. The summed E-state index contributed by atoms with van der Waals surface area (Å²) < 4.78 is 31.2. The van der Waals surface area contributed by atoms with Gasteiger partial charge in [-0.05, 0) is 18.8 Å². The molecule has 0 aliphatic heterocycles. The second-order valence-corrected chi connectivity index (χ2v) is 7.83. The molecule has 0 spiro atoms. The standard InChI is InChI=1S/C10H15BrO4S/c1-9-4-3-6(7(11)8(9)12)10(9,2)5-16(13,14)15/h6-7H,3-5H2,1-2H3,(H,13,14,15)/t6?,7?,9-,10?/m0/s1. The van der Waals surface area contributed by atoms with Crippen molar-refractivity contribution >= 4 is 31.8 Å². The Balaban J connectivity index is 2.47. The van der Waals surface area contributed by atoms with Crippen LogP contribution in [0.1, 0.15) is 26.7 Å². The van der Waals surface area contributed by atoms with Gasteiger partial charge in [-0.3, -0.25) is 9.35 Å². The zero-order valence-electron chi connectivity index (χ0n) is 9.23. The molecule has 0 amide bonds. The summed E-state index contributed by atoms with van der Waals surface area (Å²) in [6, 6.07) is 0. The second kappa shape index (κ2) is 3.29. The van der Waals surface area contributed by atoms with Crippen molar-refractivity contribution in [1.82, 2.24) is 0 Å². The maximum absolute atomic E-state index is 12.1. The molecule has 0 aromatic rings. The van der Waals surface area contributed by atoms with E-state index in [1.807, 2.05) is 6.92 Å². The molecule has 0 heterocycles. The quantitative estimate of drug-likeness (QED) is 0.622. The van der Waals surface area contributed by atoms with Crippen LogP contribution in [0.3, 0.4) is 0 Å². The maximum Gasteiger partial charge on any atom is 0.265 e. The molecule has 2 rings (SSSR count). The summed E-state index contributed by atoms with van der Waals surface area (Å²) in [4.78, 5) is 11.8. The molecule has 1 N–H and O–H groups in total. The molecule has 2 bridgehead atoms. The minimum Gasteiger partial charge on any atom is -0.298 e. The first-order valence-electron chi connectivity index (χ1n) is 5.25. The lowest BCUT2D eigenvalue weighted by Crippen LogP contribution is -2.40. The monoisotopic (exact) mass is 310 g/mol. The smallest absolute Gasteiger partial charge is 0.265 e. The van der Waals surface area contributed by atoms with E-state index in [4.69, 9.17) is 4.55 Å². The number of Topliss-reactive ketones (excluding diaryl/α,β-unsaturated/α-hetero) is 1. The van der Waals surface area contributed by atoms with Crippen molar-refractivity contribution in [3.05, 3.63) is 0 Å². The van der Waals surface area contributed by atoms with Gasteiger partial charge < -0.3 is 0 Å². The number of carbonyl (C=O) groups excluding carboxylic acids is 1. The number of carbonyl (C=O) groups is 1. The largest absolute Gasteiger partial charge is 0.298 e. The summed E-state index contributed by atoms with van der Waals surface area (Å²) in [6.45, 7) is 3.62. The molecule has 0 aromatic carbocycles. The summed E-state index contributed by atoms with van der Waals surface area (Å²) in [5.41, 5.74) is -1.27. The van der Waals surface area contributed by atoms with Crippen molar-refractivity contribution in [2.75, 3.05) is 5.75 Å². The molecule has 16 heavy (non-hydrogen) atoms. The van der Waals surface area contributed by atoms with Crippen LogP contribution in [0.25, 0.3) is 0 Å². The summed E-state index contributed by atoms with van der Waals surface area (Å²) in [5.74, 6) is -0.239. The van der Waals surface area contributed by atoms with Gasteiger partial charge in [-0.2, -0.15) is 8.42 Å². The van der Waals surface area contributed by atoms with Gasteiger partial charge in [-0.1, -0.05) is 29.8 Å². The van der Waals surface area contributed by atoms with Gasteiger partial charge in [0.05, 0.1) is 10.6 Å². The third-order valence-corrected chi connectivity index (χ3v) is 6.68. The van der Waals surface area contributed by atoms with Crippen LogP contribution < -0.4 is 0 Å². The van der Waals surface area contributed by atoms with Crippen LogP contribution >= 0.6 is 15.9 Å². The topological polar surface area (TPSA) is 71.4 Å². The minimum absolute atomic E-state index is 0.00641. The van der Waals surface area contributed by atoms with E-state index in [9.17, 15) is 13.2 Å². The molecule has 4 nitrogen and oxygen atoms in total. The van der Waals surface area contributed by atoms with E-state index in [0.29, 0.717) is 6.42 Å². The molecular formula is C10H15BrO4S. The second-order valence-electron chi connectivity index (χ2n) is 5.39. The fraction of sp³-hybridized carbons (Fsp3) is 0.900. The van der Waals surface area contributed by atoms with Gasteiger partial charge in [0.1, 0.15) is 0 Å². The predicted octanol–water partition coefficient (Wildman–Crippen LogP) is 1.64. The van der Waals surface area contributed by atoms with Gasteiger partial charge in [-0.25, -0.2) is 0 Å². The lowest BCUT2D eigenvalue weighted by atomic mass is 9.70. The van der Waals surface area contributed by atoms with Crippen LogP contribution in [0.4, 0.5) is 0 Å². The highest BCUT2D eigenvalue weighted by molar-refractivity contribution is 9.10. The molecule has 2 fully saturated rings. The van der Waals surface area contributed by atoms with Gasteiger partial charge in [0.25, 0.3) is 10.1 Å². The fourth-order valence-electron chi connectivity index (χ4n) is 3.46. The maximum atomic E-state index is 12.1. The first-order valence-corrected chi connectivity index (χ1v) is 7.78. The van der Waals surface area contributed by atoms with Crippen molar-refractivity contribution in [2.45, 2.75) is 31.5 Å². The number of hydrogen-bond donors (Lipinski definition) is 1. The lowest BCUT2D eigenvalue weighted by Gasteiger charge is -2.35. The Bertz CT molecular complexity index is 446. The van der Waals surface area contributed by atoms with E-state index in [2.05, 4.69) is 15.9 Å². The minimum atomic E-state index is -4.05. The van der Waals surface area contributed by atoms with Crippen molar-refractivity contribution < 1.29 is 17.8 Å². The van der Waals surface area contributed by atoms with Crippen LogP contribution in [-0.2, 0) is 14.9 Å². The summed E-state index contributed by atoms with van der Waals surface area (Å²) in [6.07, 6.45) is 1.55. The molecule has 3 unspecified atom stereocenters. The SMILES string of the molecule is CC1(CS(=O)(=O)O)C2CC[C@@]1(C)C(=O)C2Br. The van der Waals surface area contributed by atoms with Gasteiger partial charge in [0, 0.05) is 10.8 Å². The van der Waals surface area contributed by atoms with Crippen molar-refractivity contribution in [1.29, 1.82) is 0 Å². The Morgan fingerprint density at radius 2 is 2.06 bits per heavy atom. The van der Waals surface area contributed by atoms with E-state index in [-0.39, 0.29) is 22.3 Å². The van der Waals surface area contributed by atoms with Crippen LogP contribution in [-0.4, -0.2) is 29.3 Å². The Hall–Kier alpha value is 0.0600. The number of hydrogen-bond acceptors (Lipinski definition) is 3. The summed E-state index contributed by atoms with van der Waals surface area (Å²) in [7, 11) is -4.05. The molecule has 0 aromatic heterocycles. The number of rotatable bonds is 2. The third-order valence-electron chi connectivity index (χ3n) is 4.66. The highest BCUT2D eigenvalue weighted by atomic mass is 79.9. The van der Waals surface area contributed by atoms with Gasteiger partial charge in [0.2, 0.25) is 0 Å². The lowest BCUT2D eigenvalue weighted by molar-refractivity contribution is -0.127. The van der Waals surface area contributed by atoms with Gasteiger partial charge in [-0.15, -0.1) is 0 Å². The van der Waals surface area contributed by atoms with Crippen molar-refractivity contribution in [2.24, 2.45) is 16.7 Å². The molecule has 2 aliphatic carbocycles. The molecule has 4 atom stereocenters. The van der Waals surface area contributed by atoms with Crippen LogP contribution in [0, 0.1) is 16.7 Å². The highest BCUT2D eigenvalue weighted by Gasteiger charge is 2.68. The van der Waals surface area contributed by atoms with E-state index in [1.165, 1.54) is 0 Å². The Morgan fingerprint density at radius 3 is 2.44 bits per heavy atom. The first kappa shape index (κ1) is 12.5. The van der Waals surface area contributed by atoms with E-state index < -0.39 is 20.9 Å². The normalized spacial score (nSPS) is 47.6. The molecule has 2 saturated carbocycles. The van der Waals surface area contributed by atoms with Crippen molar-refractivity contribution in [3.63, 3.8) is 0 Å². The van der Waals surface area contributed by atoms with Gasteiger partial charge >= 0.3 is 0 Å². The molecule has 92 valence electrons. The average Bonchev–Trinajstić information content (AvgIpc) is 2.40. The predicted molar refractivity (Wildman–Crippen MR) is 63.1 cm³/mol. The first-order chi connectivity index (χ1) is 7.12. The summed E-state index contributed by atoms with van der Waals surface area (Å²) >= 11 is 3.35. The third kappa shape index (κ3) is 1.42. The fourth-order valence-corrected chi connectivity index (χ4v) is 6.11. The van der Waals surface area contributed by atoms with Gasteiger partial charge in [0.15, 0.2) is 5.78 Å². The molecule has 6 heteroatoms. The zero-order chi connectivity index (χ0) is 12.4. The van der Waals surface area contributed by atoms with Crippen LogP contribution in [0.5, 0.6) is 0 Å². The zero-order valence-corrected chi connectivity index (χ0v) is 11.6. The Labute approximate surface area is 104 Å².